The molecule has 0 saturated carbocycles. The molecular weight excluding hydrogens is 250 g/mol. The van der Waals surface area contributed by atoms with Gasteiger partial charge in [0.1, 0.15) is 0 Å². The van der Waals surface area contributed by atoms with Crippen LogP contribution in [0.2, 0.25) is 0 Å². The first-order chi connectivity index (χ1) is 9.72. The number of benzene rings is 2. The summed E-state index contributed by atoms with van der Waals surface area (Å²) in [4.78, 5) is 17.1. The van der Waals surface area contributed by atoms with Crippen LogP contribution in [0.1, 0.15) is 21.5 Å². The van der Waals surface area contributed by atoms with Gasteiger partial charge in [-0.2, -0.15) is 0 Å². The smallest absolute Gasteiger partial charge is 0.274 e. The van der Waals surface area contributed by atoms with Crippen molar-refractivity contribution in [3.05, 3.63) is 71.3 Å². The minimum Gasteiger partial charge on any atom is -0.274 e. The van der Waals surface area contributed by atoms with Crippen molar-refractivity contribution in [2.24, 2.45) is 0 Å². The largest absolute Gasteiger partial charge is 0.278 e. The van der Waals surface area contributed by atoms with E-state index in [0.717, 1.165) is 5.56 Å². The molecule has 20 heavy (non-hydrogen) atoms. The molecule has 0 radical (unpaired) electrons. The van der Waals surface area contributed by atoms with Crippen molar-refractivity contribution in [1.82, 2.24) is 5.06 Å². The number of hydrogen-bond acceptors (Lipinski definition) is 2. The molecule has 2 rings (SSSR count). The summed E-state index contributed by atoms with van der Waals surface area (Å²) >= 11 is 0. The summed E-state index contributed by atoms with van der Waals surface area (Å²) in [6.07, 6.45) is 0. The van der Waals surface area contributed by atoms with E-state index < -0.39 is 0 Å². The van der Waals surface area contributed by atoms with Gasteiger partial charge in [-0.05, 0) is 24.3 Å². The van der Waals surface area contributed by atoms with E-state index in [0.29, 0.717) is 11.1 Å². The quantitative estimate of drug-likeness (QED) is 0.617. The Kier molecular flexibility index (Phi) is 4.54. The predicted molar refractivity (Wildman–Crippen MR) is 78.0 cm³/mol. The predicted octanol–water partition coefficient (Wildman–Crippen LogP) is 2.72. The van der Waals surface area contributed by atoms with Gasteiger partial charge in [0.2, 0.25) is 0 Å². The van der Waals surface area contributed by atoms with Gasteiger partial charge in [-0.15, -0.1) is 0 Å². The van der Waals surface area contributed by atoms with Gasteiger partial charge < -0.3 is 0 Å². The Morgan fingerprint density at radius 1 is 1.00 bits per heavy atom. The second-order valence-corrected chi connectivity index (χ2v) is 4.15. The monoisotopic (exact) mass is 265 g/mol. The SMILES string of the molecule is CON(C)C(=O)c1ccccc1C#Cc1ccccc1. The van der Waals surface area contributed by atoms with Gasteiger partial charge in [-0.25, -0.2) is 5.06 Å². The fourth-order valence-electron chi connectivity index (χ4n) is 1.69. The van der Waals surface area contributed by atoms with Gasteiger partial charge in [0.25, 0.3) is 5.91 Å². The molecule has 3 heteroatoms. The van der Waals surface area contributed by atoms with E-state index in [1.165, 1.54) is 12.2 Å². The highest BCUT2D eigenvalue weighted by Crippen LogP contribution is 2.10. The van der Waals surface area contributed by atoms with Crippen molar-refractivity contribution in [2.75, 3.05) is 14.2 Å². The number of nitrogens with zero attached hydrogens (tertiary/aromatic N) is 1. The van der Waals surface area contributed by atoms with Crippen molar-refractivity contribution >= 4 is 5.91 Å². The molecule has 2 aromatic rings. The van der Waals surface area contributed by atoms with Crippen LogP contribution in [0.3, 0.4) is 0 Å². The van der Waals surface area contributed by atoms with Crippen LogP contribution < -0.4 is 0 Å². The number of hydrogen-bond donors (Lipinski definition) is 0. The summed E-state index contributed by atoms with van der Waals surface area (Å²) in [7, 11) is 3.03. The Morgan fingerprint density at radius 2 is 1.65 bits per heavy atom. The van der Waals surface area contributed by atoms with Crippen molar-refractivity contribution in [1.29, 1.82) is 0 Å². The lowest BCUT2D eigenvalue weighted by Crippen LogP contribution is -2.26. The van der Waals surface area contributed by atoms with Gasteiger partial charge in [-0.3, -0.25) is 9.63 Å². The third-order valence-corrected chi connectivity index (χ3v) is 2.83. The summed E-state index contributed by atoms with van der Waals surface area (Å²) in [5, 5.41) is 1.18. The Hall–Kier alpha value is -2.57. The molecule has 0 N–H and O–H groups in total. The van der Waals surface area contributed by atoms with Crippen LogP contribution >= 0.6 is 0 Å². The van der Waals surface area contributed by atoms with E-state index in [1.807, 2.05) is 48.5 Å². The Balaban J connectivity index is 2.34. The molecule has 0 atom stereocenters. The molecule has 3 nitrogen and oxygen atoms in total. The number of carbonyl (C=O) groups excluding carboxylic acids is 1. The maximum Gasteiger partial charge on any atom is 0.278 e. The third kappa shape index (κ3) is 3.25. The number of carbonyl (C=O) groups is 1. The first kappa shape index (κ1) is 13.9. The van der Waals surface area contributed by atoms with Crippen molar-refractivity contribution in [3.63, 3.8) is 0 Å². The fourth-order valence-corrected chi connectivity index (χ4v) is 1.69. The molecular formula is C17H15NO2. The van der Waals surface area contributed by atoms with Crippen LogP contribution in [0.4, 0.5) is 0 Å². The Labute approximate surface area is 118 Å². The molecule has 0 aliphatic carbocycles. The molecule has 0 aliphatic heterocycles. The maximum atomic E-state index is 12.1. The van der Waals surface area contributed by atoms with Gasteiger partial charge >= 0.3 is 0 Å². The minimum atomic E-state index is -0.217. The van der Waals surface area contributed by atoms with Crippen LogP contribution in [0.25, 0.3) is 0 Å². The average Bonchev–Trinajstić information content (AvgIpc) is 2.52. The summed E-state index contributed by atoms with van der Waals surface area (Å²) in [5.74, 6) is 5.87. The van der Waals surface area contributed by atoms with Crippen LogP contribution in [0, 0.1) is 11.8 Å². The van der Waals surface area contributed by atoms with E-state index >= 15 is 0 Å². The van der Waals surface area contributed by atoms with E-state index in [4.69, 9.17) is 4.84 Å². The second-order valence-electron chi connectivity index (χ2n) is 4.15. The fraction of sp³-hybridized carbons (Fsp3) is 0.118. The van der Waals surface area contributed by atoms with E-state index in [-0.39, 0.29) is 5.91 Å². The Bertz CT molecular complexity index is 653. The molecule has 0 saturated heterocycles. The zero-order valence-corrected chi connectivity index (χ0v) is 11.5. The second kappa shape index (κ2) is 6.55. The topological polar surface area (TPSA) is 29.5 Å². The van der Waals surface area contributed by atoms with Gasteiger partial charge in [0.15, 0.2) is 0 Å². The van der Waals surface area contributed by atoms with E-state index in [9.17, 15) is 4.79 Å². The highest BCUT2D eigenvalue weighted by molar-refractivity contribution is 5.96. The zero-order valence-electron chi connectivity index (χ0n) is 11.5. The summed E-state index contributed by atoms with van der Waals surface area (Å²) in [5.41, 5.74) is 2.13. The van der Waals surface area contributed by atoms with Crippen LogP contribution in [0.15, 0.2) is 54.6 Å². The highest BCUT2D eigenvalue weighted by atomic mass is 16.7. The average molecular weight is 265 g/mol. The summed E-state index contributed by atoms with van der Waals surface area (Å²) < 4.78 is 0. The van der Waals surface area contributed by atoms with E-state index in [1.54, 1.807) is 13.1 Å². The van der Waals surface area contributed by atoms with E-state index in [2.05, 4.69) is 11.8 Å². The first-order valence-electron chi connectivity index (χ1n) is 6.20. The summed E-state index contributed by atoms with van der Waals surface area (Å²) in [6.45, 7) is 0. The molecule has 0 spiro atoms. The lowest BCUT2D eigenvalue weighted by Gasteiger charge is -2.14. The van der Waals surface area contributed by atoms with Gasteiger partial charge in [-0.1, -0.05) is 42.2 Å². The van der Waals surface area contributed by atoms with Crippen LogP contribution in [-0.2, 0) is 4.84 Å². The Morgan fingerprint density at radius 3 is 2.35 bits per heavy atom. The molecule has 2 aromatic carbocycles. The summed E-state index contributed by atoms with van der Waals surface area (Å²) in [6, 6.07) is 16.9. The number of rotatable bonds is 2. The number of amides is 1. The van der Waals surface area contributed by atoms with Crippen molar-refractivity contribution in [3.8, 4) is 11.8 Å². The molecule has 0 unspecified atom stereocenters. The van der Waals surface area contributed by atoms with Crippen LogP contribution in [0.5, 0.6) is 0 Å². The molecule has 0 bridgehead atoms. The standard InChI is InChI=1S/C17H15NO2/c1-18(20-2)17(19)16-11-7-6-10-15(16)13-12-14-8-4-3-5-9-14/h3-11H,1-2H3. The molecule has 0 fully saturated rings. The lowest BCUT2D eigenvalue weighted by atomic mass is 10.1. The normalized spacial score (nSPS) is 9.50. The van der Waals surface area contributed by atoms with Crippen molar-refractivity contribution < 1.29 is 9.63 Å². The molecule has 0 aliphatic rings. The zero-order chi connectivity index (χ0) is 14.4. The molecule has 1 amide bonds. The van der Waals surface area contributed by atoms with Crippen molar-refractivity contribution in [2.45, 2.75) is 0 Å². The molecule has 100 valence electrons. The maximum absolute atomic E-state index is 12.1. The minimum absolute atomic E-state index is 0.217. The highest BCUT2D eigenvalue weighted by Gasteiger charge is 2.13. The third-order valence-electron chi connectivity index (χ3n) is 2.83. The van der Waals surface area contributed by atoms with Crippen LogP contribution in [-0.4, -0.2) is 25.1 Å². The van der Waals surface area contributed by atoms with Gasteiger partial charge in [0.05, 0.1) is 12.7 Å². The first-order valence-corrected chi connectivity index (χ1v) is 6.20. The lowest BCUT2D eigenvalue weighted by molar-refractivity contribution is -0.0757. The van der Waals surface area contributed by atoms with Gasteiger partial charge in [0, 0.05) is 18.2 Å². The molecule has 0 heterocycles. The number of hydroxylamine groups is 2. The molecule has 0 aromatic heterocycles.